The molecule has 2 heterocycles. The maximum Gasteiger partial charge on any atom is 0.256 e. The van der Waals surface area contributed by atoms with E-state index in [1.54, 1.807) is 22.9 Å². The van der Waals surface area contributed by atoms with Gasteiger partial charge in [-0.15, -0.1) is 0 Å². The van der Waals surface area contributed by atoms with Gasteiger partial charge in [0.2, 0.25) is 0 Å². The van der Waals surface area contributed by atoms with Crippen LogP contribution in [0.2, 0.25) is 10.0 Å². The maximum atomic E-state index is 13.0. The van der Waals surface area contributed by atoms with Gasteiger partial charge in [-0.05, 0) is 31.0 Å². The summed E-state index contributed by atoms with van der Waals surface area (Å²) in [5.74, 6) is -0.117. The second-order valence-corrected chi connectivity index (χ2v) is 7.28. The van der Waals surface area contributed by atoms with Crippen LogP contribution in [0.4, 0.5) is 11.4 Å². The molecule has 0 fully saturated rings. The Bertz CT molecular complexity index is 1000. The van der Waals surface area contributed by atoms with E-state index in [0.717, 1.165) is 16.8 Å². The number of nitrogens with two attached hydrogens (primary N) is 1. The van der Waals surface area contributed by atoms with Crippen LogP contribution in [-0.4, -0.2) is 20.7 Å². The number of hydrogen-bond acceptors (Lipinski definition) is 4. The molecule has 0 bridgehead atoms. The zero-order valence-corrected chi connectivity index (χ0v) is 16.4. The molecule has 0 saturated heterocycles. The van der Waals surface area contributed by atoms with Crippen LogP contribution < -0.4 is 11.1 Å². The molecule has 1 amide bonds. The number of fused-ring (bicyclic) bond motifs is 1. The zero-order valence-electron chi connectivity index (χ0n) is 14.9. The molecule has 0 radical (unpaired) electrons. The lowest BCUT2D eigenvalue weighted by molar-refractivity contribution is 0.102. The van der Waals surface area contributed by atoms with Gasteiger partial charge in [-0.25, -0.2) is 4.98 Å². The average molecular weight is 392 g/mol. The summed E-state index contributed by atoms with van der Waals surface area (Å²) in [7, 11) is 1.81. The predicted molar refractivity (Wildman–Crippen MR) is 106 cm³/mol. The van der Waals surface area contributed by atoms with E-state index in [1.807, 2.05) is 27.8 Å². The monoisotopic (exact) mass is 391 g/mol. The van der Waals surface area contributed by atoms with Gasteiger partial charge < -0.3 is 11.1 Å². The molecule has 26 heavy (non-hydrogen) atoms. The first kappa shape index (κ1) is 18.5. The van der Waals surface area contributed by atoms with Crippen molar-refractivity contribution in [2.24, 2.45) is 7.05 Å². The molecule has 0 spiro atoms. The van der Waals surface area contributed by atoms with Crippen molar-refractivity contribution in [1.82, 2.24) is 14.8 Å². The molecule has 0 saturated carbocycles. The molecule has 3 rings (SSSR count). The normalized spacial score (nSPS) is 11.3. The molecule has 3 N–H and O–H groups in total. The van der Waals surface area contributed by atoms with Gasteiger partial charge >= 0.3 is 0 Å². The van der Waals surface area contributed by atoms with Crippen molar-refractivity contribution in [3.63, 3.8) is 0 Å². The Hall–Kier alpha value is -2.31. The number of nitrogen functional groups attached to an aromatic ring is 1. The number of carbonyl (C=O) groups excluding carboxylic acids is 1. The molecule has 0 aliphatic heterocycles. The summed E-state index contributed by atoms with van der Waals surface area (Å²) in [5, 5.41) is 8.52. The minimum absolute atomic E-state index is 0.168. The lowest BCUT2D eigenvalue weighted by atomic mass is 10.0. The molecular formula is C18H19Cl2N5O. The van der Waals surface area contributed by atoms with E-state index in [-0.39, 0.29) is 27.6 Å². The molecule has 0 aliphatic rings. The van der Waals surface area contributed by atoms with E-state index in [4.69, 9.17) is 28.9 Å². The van der Waals surface area contributed by atoms with Crippen LogP contribution in [0.1, 0.15) is 41.5 Å². The topological polar surface area (TPSA) is 85.8 Å². The molecule has 0 unspecified atom stereocenters. The number of halogens is 2. The van der Waals surface area contributed by atoms with Crippen molar-refractivity contribution < 1.29 is 4.79 Å². The highest BCUT2D eigenvalue weighted by molar-refractivity contribution is 6.39. The van der Waals surface area contributed by atoms with Gasteiger partial charge in [0.25, 0.3) is 5.91 Å². The van der Waals surface area contributed by atoms with Crippen molar-refractivity contribution in [1.29, 1.82) is 0 Å². The van der Waals surface area contributed by atoms with Gasteiger partial charge in [-0.2, -0.15) is 5.10 Å². The van der Waals surface area contributed by atoms with E-state index in [2.05, 4.69) is 15.4 Å². The van der Waals surface area contributed by atoms with Crippen molar-refractivity contribution >= 4 is 51.5 Å². The molecule has 136 valence electrons. The van der Waals surface area contributed by atoms with Gasteiger partial charge in [0.05, 0.1) is 32.4 Å². The van der Waals surface area contributed by atoms with E-state index in [0.29, 0.717) is 16.9 Å². The van der Waals surface area contributed by atoms with Gasteiger partial charge in [-0.3, -0.25) is 9.48 Å². The van der Waals surface area contributed by atoms with Gasteiger partial charge in [0.15, 0.2) is 5.65 Å². The van der Waals surface area contributed by atoms with Gasteiger partial charge in [0, 0.05) is 18.4 Å². The van der Waals surface area contributed by atoms with Crippen LogP contribution in [-0.2, 0) is 7.05 Å². The number of pyridine rings is 1. The van der Waals surface area contributed by atoms with Crippen LogP contribution >= 0.6 is 23.2 Å². The second-order valence-electron chi connectivity index (χ2n) is 6.46. The number of nitrogens with one attached hydrogen (secondary N) is 1. The van der Waals surface area contributed by atoms with Crippen LogP contribution in [0.3, 0.4) is 0 Å². The van der Waals surface area contributed by atoms with Crippen molar-refractivity contribution in [2.45, 2.75) is 26.7 Å². The highest BCUT2D eigenvalue weighted by Gasteiger charge is 2.20. The largest absolute Gasteiger partial charge is 0.396 e. The summed E-state index contributed by atoms with van der Waals surface area (Å²) < 4.78 is 1.68. The molecule has 0 atom stereocenters. The van der Waals surface area contributed by atoms with Gasteiger partial charge in [0.1, 0.15) is 0 Å². The zero-order chi connectivity index (χ0) is 19.2. The lowest BCUT2D eigenvalue weighted by Crippen LogP contribution is -2.14. The Morgan fingerprint density at radius 3 is 2.42 bits per heavy atom. The summed E-state index contributed by atoms with van der Waals surface area (Å²) in [4.78, 5) is 17.6. The highest BCUT2D eigenvalue weighted by Crippen LogP contribution is 2.32. The SMILES string of the molecule is Cc1nn(C)c2nc(C(C)C)cc(C(=O)Nc3cc(Cl)c(N)c(Cl)c3)c12. The molecule has 0 aliphatic carbocycles. The molecule has 2 aromatic heterocycles. The van der Waals surface area contributed by atoms with Crippen LogP contribution in [0.25, 0.3) is 11.0 Å². The Morgan fingerprint density at radius 1 is 1.23 bits per heavy atom. The summed E-state index contributed by atoms with van der Waals surface area (Å²) in [5.41, 5.74) is 9.24. The lowest BCUT2D eigenvalue weighted by Gasteiger charge is -2.12. The fraction of sp³-hybridized carbons (Fsp3) is 0.278. The second kappa shape index (κ2) is 6.78. The van der Waals surface area contributed by atoms with E-state index >= 15 is 0 Å². The number of hydrogen-bond donors (Lipinski definition) is 2. The Kier molecular flexibility index (Phi) is 4.82. The van der Waals surface area contributed by atoms with Crippen LogP contribution in [0.15, 0.2) is 18.2 Å². The number of anilines is 2. The smallest absolute Gasteiger partial charge is 0.256 e. The quantitative estimate of drug-likeness (QED) is 0.641. The minimum atomic E-state index is -0.285. The van der Waals surface area contributed by atoms with Crippen LogP contribution in [0.5, 0.6) is 0 Å². The van der Waals surface area contributed by atoms with E-state index < -0.39 is 0 Å². The first-order valence-corrected chi connectivity index (χ1v) is 8.84. The Labute approximate surface area is 161 Å². The number of rotatable bonds is 3. The van der Waals surface area contributed by atoms with Crippen molar-refractivity contribution in [3.8, 4) is 0 Å². The minimum Gasteiger partial charge on any atom is -0.396 e. The fourth-order valence-corrected chi connectivity index (χ4v) is 3.28. The Balaban J connectivity index is 2.10. The van der Waals surface area contributed by atoms with Crippen LogP contribution in [0, 0.1) is 6.92 Å². The molecule has 8 heteroatoms. The highest BCUT2D eigenvalue weighted by atomic mass is 35.5. The van der Waals surface area contributed by atoms with E-state index in [9.17, 15) is 4.79 Å². The Morgan fingerprint density at radius 2 is 1.85 bits per heavy atom. The number of aryl methyl sites for hydroxylation is 2. The predicted octanol–water partition coefficient (Wildman–Crippen LogP) is 4.54. The number of aromatic nitrogens is 3. The molecular weight excluding hydrogens is 373 g/mol. The first-order chi connectivity index (χ1) is 12.2. The van der Waals surface area contributed by atoms with Crippen molar-refractivity contribution in [2.75, 3.05) is 11.1 Å². The first-order valence-electron chi connectivity index (χ1n) is 8.09. The standard InChI is InChI=1S/C18H19Cl2N5O/c1-8(2)14-7-11(15-9(3)24-25(4)17(15)23-14)18(26)22-10-5-12(19)16(21)13(20)6-10/h5-8H,21H2,1-4H3,(H,22,26). The summed E-state index contributed by atoms with van der Waals surface area (Å²) in [6, 6.07) is 4.94. The summed E-state index contributed by atoms with van der Waals surface area (Å²) in [6.07, 6.45) is 0. The average Bonchev–Trinajstić information content (AvgIpc) is 2.86. The molecule has 6 nitrogen and oxygen atoms in total. The third-order valence-electron chi connectivity index (χ3n) is 4.16. The maximum absolute atomic E-state index is 13.0. The number of carbonyl (C=O) groups is 1. The number of benzene rings is 1. The van der Waals surface area contributed by atoms with Gasteiger partial charge in [-0.1, -0.05) is 37.0 Å². The third kappa shape index (κ3) is 3.22. The number of nitrogens with zero attached hydrogens (tertiary/aromatic N) is 3. The van der Waals surface area contributed by atoms with Crippen molar-refractivity contribution in [3.05, 3.63) is 45.2 Å². The summed E-state index contributed by atoms with van der Waals surface area (Å²) in [6.45, 7) is 5.91. The number of amides is 1. The molecule has 1 aromatic carbocycles. The summed E-state index contributed by atoms with van der Waals surface area (Å²) >= 11 is 12.1. The fourth-order valence-electron chi connectivity index (χ4n) is 2.79. The molecule has 3 aromatic rings. The third-order valence-corrected chi connectivity index (χ3v) is 4.79. The van der Waals surface area contributed by atoms with E-state index in [1.165, 1.54) is 0 Å².